The summed E-state index contributed by atoms with van der Waals surface area (Å²) in [6, 6.07) is 9.73. The van der Waals surface area contributed by atoms with E-state index in [1.54, 1.807) is 12.1 Å². The van der Waals surface area contributed by atoms with Crippen LogP contribution < -0.4 is 9.62 Å². The Kier molecular flexibility index (Phi) is 6.21. The van der Waals surface area contributed by atoms with E-state index >= 15 is 0 Å². The van der Waals surface area contributed by atoms with Gasteiger partial charge in [-0.3, -0.25) is 9.10 Å². The molecule has 0 aliphatic heterocycles. The van der Waals surface area contributed by atoms with Crippen LogP contribution in [0.2, 0.25) is 15.1 Å². The highest BCUT2D eigenvalue weighted by Gasteiger charge is 2.29. The van der Waals surface area contributed by atoms with Crippen molar-refractivity contribution >= 4 is 62.1 Å². The Balaban J connectivity index is 2.31. The number of carbonyl (C=O) groups excluding carboxylic acids is 1. The van der Waals surface area contributed by atoms with Gasteiger partial charge in [0.15, 0.2) is 0 Å². The fourth-order valence-electron chi connectivity index (χ4n) is 2.27. The maximum absolute atomic E-state index is 12.5. The molecule has 2 aromatic rings. The van der Waals surface area contributed by atoms with Crippen LogP contribution in [0.5, 0.6) is 0 Å². The van der Waals surface area contributed by atoms with Crippen LogP contribution >= 0.6 is 34.8 Å². The molecular formula is C16H15Cl3N2O3S. The highest BCUT2D eigenvalue weighted by molar-refractivity contribution is 7.92. The third-order valence-electron chi connectivity index (χ3n) is 3.30. The van der Waals surface area contributed by atoms with Gasteiger partial charge >= 0.3 is 0 Å². The first-order chi connectivity index (χ1) is 11.6. The summed E-state index contributed by atoms with van der Waals surface area (Å²) in [6.45, 7) is 1.48. The van der Waals surface area contributed by atoms with E-state index in [0.29, 0.717) is 26.4 Å². The Hall–Kier alpha value is -1.47. The third kappa shape index (κ3) is 5.25. The first-order valence-corrected chi connectivity index (χ1v) is 10.1. The highest BCUT2D eigenvalue weighted by atomic mass is 35.5. The van der Waals surface area contributed by atoms with E-state index in [4.69, 9.17) is 34.8 Å². The van der Waals surface area contributed by atoms with Gasteiger partial charge in [-0.1, -0.05) is 34.8 Å². The van der Waals surface area contributed by atoms with Crippen LogP contribution in [0.3, 0.4) is 0 Å². The monoisotopic (exact) mass is 420 g/mol. The molecule has 0 spiro atoms. The average Bonchev–Trinajstić information content (AvgIpc) is 2.47. The lowest BCUT2D eigenvalue weighted by Crippen LogP contribution is -2.45. The summed E-state index contributed by atoms with van der Waals surface area (Å²) in [7, 11) is -3.71. The van der Waals surface area contributed by atoms with Crippen molar-refractivity contribution in [3.63, 3.8) is 0 Å². The van der Waals surface area contributed by atoms with E-state index in [0.717, 1.165) is 10.6 Å². The summed E-state index contributed by atoms with van der Waals surface area (Å²) in [4.78, 5) is 12.5. The fraction of sp³-hybridized carbons (Fsp3) is 0.188. The molecule has 0 bridgehead atoms. The van der Waals surface area contributed by atoms with Crippen LogP contribution in [0.15, 0.2) is 42.5 Å². The molecule has 2 rings (SSSR count). The Morgan fingerprint density at radius 3 is 2.00 bits per heavy atom. The van der Waals surface area contributed by atoms with Gasteiger partial charge in [0.25, 0.3) is 0 Å². The van der Waals surface area contributed by atoms with E-state index in [-0.39, 0.29) is 0 Å². The van der Waals surface area contributed by atoms with Crippen molar-refractivity contribution in [3.8, 4) is 0 Å². The zero-order valence-electron chi connectivity index (χ0n) is 13.3. The van der Waals surface area contributed by atoms with Gasteiger partial charge < -0.3 is 5.32 Å². The van der Waals surface area contributed by atoms with Crippen LogP contribution in [-0.2, 0) is 14.8 Å². The molecule has 1 amide bonds. The van der Waals surface area contributed by atoms with Crippen LogP contribution in [0, 0.1) is 0 Å². The average molecular weight is 422 g/mol. The van der Waals surface area contributed by atoms with Crippen LogP contribution in [0.1, 0.15) is 6.92 Å². The Morgan fingerprint density at radius 2 is 1.52 bits per heavy atom. The number of amides is 1. The summed E-state index contributed by atoms with van der Waals surface area (Å²) in [6.07, 6.45) is 1.03. The quantitative estimate of drug-likeness (QED) is 0.776. The van der Waals surface area contributed by atoms with E-state index in [9.17, 15) is 13.2 Å². The predicted molar refractivity (Wildman–Crippen MR) is 103 cm³/mol. The molecule has 25 heavy (non-hydrogen) atoms. The molecule has 0 saturated heterocycles. The molecule has 134 valence electrons. The van der Waals surface area contributed by atoms with Crippen molar-refractivity contribution in [2.24, 2.45) is 0 Å². The Labute approximate surface area is 161 Å². The SMILES string of the molecule is C[C@@H](C(=O)Nc1cc(Cl)cc(Cl)c1)N(c1ccc(Cl)cc1)S(C)(=O)=O. The number of hydrogen-bond acceptors (Lipinski definition) is 3. The van der Waals surface area contributed by atoms with Crippen molar-refractivity contribution in [2.75, 3.05) is 15.9 Å². The minimum absolute atomic E-state index is 0.332. The maximum Gasteiger partial charge on any atom is 0.247 e. The number of hydrogen-bond donors (Lipinski definition) is 1. The molecule has 9 heteroatoms. The number of anilines is 2. The van der Waals surface area contributed by atoms with Gasteiger partial charge in [0.05, 0.1) is 11.9 Å². The zero-order chi connectivity index (χ0) is 18.8. The largest absolute Gasteiger partial charge is 0.324 e. The zero-order valence-corrected chi connectivity index (χ0v) is 16.4. The predicted octanol–water partition coefficient (Wildman–Crippen LogP) is 4.44. The highest BCUT2D eigenvalue weighted by Crippen LogP contribution is 2.25. The summed E-state index contributed by atoms with van der Waals surface area (Å²) < 4.78 is 25.4. The molecule has 0 saturated carbocycles. The number of carbonyl (C=O) groups is 1. The topological polar surface area (TPSA) is 66.5 Å². The summed E-state index contributed by atoms with van der Waals surface area (Å²) in [5.74, 6) is -0.529. The lowest BCUT2D eigenvalue weighted by molar-refractivity contribution is -0.116. The lowest BCUT2D eigenvalue weighted by Gasteiger charge is -2.28. The number of rotatable bonds is 5. The molecule has 0 aliphatic rings. The first-order valence-electron chi connectivity index (χ1n) is 7.10. The molecule has 0 aliphatic carbocycles. The molecule has 1 atom stereocenters. The Bertz CT molecular complexity index is 866. The molecule has 0 fully saturated rings. The van der Waals surface area contributed by atoms with Crippen molar-refractivity contribution in [3.05, 3.63) is 57.5 Å². The normalized spacial score (nSPS) is 12.5. The lowest BCUT2D eigenvalue weighted by atomic mass is 10.2. The number of benzene rings is 2. The molecule has 0 heterocycles. The maximum atomic E-state index is 12.5. The second kappa shape index (κ2) is 7.83. The van der Waals surface area contributed by atoms with Crippen molar-refractivity contribution in [1.82, 2.24) is 0 Å². The van der Waals surface area contributed by atoms with Gasteiger partial charge in [0, 0.05) is 20.8 Å². The number of halogens is 3. The summed E-state index contributed by atoms with van der Waals surface area (Å²) >= 11 is 17.6. The minimum Gasteiger partial charge on any atom is -0.324 e. The van der Waals surface area contributed by atoms with Gasteiger partial charge in [-0.2, -0.15) is 0 Å². The summed E-state index contributed by atoms with van der Waals surface area (Å²) in [5.41, 5.74) is 0.706. The number of nitrogens with zero attached hydrogens (tertiary/aromatic N) is 1. The van der Waals surface area contributed by atoms with Gasteiger partial charge in [0.1, 0.15) is 6.04 Å². The van der Waals surface area contributed by atoms with Crippen molar-refractivity contribution in [1.29, 1.82) is 0 Å². The van der Waals surface area contributed by atoms with Crippen LogP contribution in [0.25, 0.3) is 0 Å². The van der Waals surface area contributed by atoms with Crippen molar-refractivity contribution < 1.29 is 13.2 Å². The molecule has 0 radical (unpaired) electrons. The van der Waals surface area contributed by atoms with Gasteiger partial charge in [-0.15, -0.1) is 0 Å². The van der Waals surface area contributed by atoms with Gasteiger partial charge in [0.2, 0.25) is 15.9 Å². The van der Waals surface area contributed by atoms with E-state index < -0.39 is 22.0 Å². The number of nitrogens with one attached hydrogen (secondary N) is 1. The minimum atomic E-state index is -3.71. The van der Waals surface area contributed by atoms with Gasteiger partial charge in [-0.05, 0) is 49.4 Å². The second-order valence-electron chi connectivity index (χ2n) is 5.36. The molecule has 0 unspecified atom stereocenters. The van der Waals surface area contributed by atoms with Gasteiger partial charge in [-0.25, -0.2) is 8.42 Å². The standard InChI is InChI=1S/C16H15Cl3N2O3S/c1-10(16(22)20-14-8-12(18)7-13(19)9-14)21(25(2,23)24)15-5-3-11(17)4-6-15/h3-10H,1-2H3,(H,20,22)/t10-/m0/s1. The molecule has 5 nitrogen and oxygen atoms in total. The molecule has 0 aromatic heterocycles. The first kappa shape index (κ1) is 19.8. The molecular weight excluding hydrogens is 407 g/mol. The number of sulfonamides is 1. The van der Waals surface area contributed by atoms with Crippen LogP contribution in [-0.4, -0.2) is 26.6 Å². The van der Waals surface area contributed by atoms with Crippen molar-refractivity contribution in [2.45, 2.75) is 13.0 Å². The molecule has 1 N–H and O–H groups in total. The summed E-state index contributed by atoms with van der Waals surface area (Å²) in [5, 5.41) is 3.79. The smallest absolute Gasteiger partial charge is 0.247 e. The second-order valence-corrected chi connectivity index (χ2v) is 8.53. The molecule has 2 aromatic carbocycles. The van der Waals surface area contributed by atoms with E-state index in [2.05, 4.69) is 5.32 Å². The van der Waals surface area contributed by atoms with E-state index in [1.165, 1.54) is 37.3 Å². The fourth-order valence-corrected chi connectivity index (χ4v) is 4.10. The van der Waals surface area contributed by atoms with E-state index in [1.807, 2.05) is 0 Å². The third-order valence-corrected chi connectivity index (χ3v) is 5.23. The van der Waals surface area contributed by atoms with Crippen LogP contribution in [0.4, 0.5) is 11.4 Å². The Morgan fingerprint density at radius 1 is 1.00 bits per heavy atom.